The number of amides is 2. The molecule has 344 valence electrons. The number of H-pyrrole nitrogens is 1. The molecule has 0 unspecified atom stereocenters. The van der Waals surface area contributed by atoms with Gasteiger partial charge in [-0.3, -0.25) is 9.59 Å². The molecule has 0 aliphatic carbocycles. The lowest BCUT2D eigenvalue weighted by molar-refractivity contribution is 0.101. The number of nitrogens with zero attached hydrogens (tertiary/aromatic N) is 10. The van der Waals surface area contributed by atoms with E-state index < -0.39 is 0 Å². The fraction of sp³-hybridized carbons (Fsp3) is 0.154. The monoisotopic (exact) mass is 953 g/mol. The highest BCUT2D eigenvalue weighted by atomic mass is 35.5. The van der Waals surface area contributed by atoms with Gasteiger partial charge < -0.3 is 20.4 Å². The Morgan fingerprint density at radius 3 is 1.45 bits per heavy atom. The van der Waals surface area contributed by atoms with Crippen molar-refractivity contribution < 1.29 is 9.59 Å². The highest BCUT2D eigenvalue weighted by Gasteiger charge is 2.19. The van der Waals surface area contributed by atoms with E-state index in [-0.39, 0.29) is 18.2 Å². The van der Waals surface area contributed by atoms with Gasteiger partial charge in [0.25, 0.3) is 11.8 Å². The van der Waals surface area contributed by atoms with Crippen molar-refractivity contribution in [3.63, 3.8) is 0 Å². The Hall–Kier alpha value is -8.32. The van der Waals surface area contributed by atoms with Crippen molar-refractivity contribution >= 4 is 79.6 Å². The summed E-state index contributed by atoms with van der Waals surface area (Å²) in [6, 6.07) is 44.5. The summed E-state index contributed by atoms with van der Waals surface area (Å²) in [6.45, 7) is 0. The zero-order valence-electron chi connectivity index (χ0n) is 38.1. The first kappa shape index (κ1) is 47.2. The van der Waals surface area contributed by atoms with E-state index in [1.165, 1.54) is 0 Å². The number of nitrogens with one attached hydrogen (secondary N) is 3. The Bertz CT molecular complexity index is 3320. The standard InChI is InChI=1S/C26H23ClN8O.C26H22ClN5O/c1-35(2)25-21(15-23-31-33-34-32-23)24(27)29-22(30-25)13-16-7-11-20(12-8-16)28-26(36)19-10-9-17-5-3-4-6-18(17)14-19;1-32(2)25-22(13-14-28)24(27)30-23(31-25)15-17-7-11-21(12-8-17)29-26(33)20-10-9-18-5-3-4-6-19(18)16-20/h3-12,14H,13,15H2,1-2H3,(H,28,36)(H,31,32,33,34);3-12,16H,13,15H2,1-2H3,(H,29,33). The van der Waals surface area contributed by atoms with Crippen molar-refractivity contribution in [2.24, 2.45) is 0 Å². The van der Waals surface area contributed by atoms with E-state index in [9.17, 15) is 9.59 Å². The molecule has 0 bridgehead atoms. The van der Waals surface area contributed by atoms with Crippen LogP contribution in [0.25, 0.3) is 21.5 Å². The number of carbonyl (C=O) groups excluding carboxylic acids is 2. The summed E-state index contributed by atoms with van der Waals surface area (Å²) >= 11 is 12.9. The van der Waals surface area contributed by atoms with Crippen molar-refractivity contribution in [2.75, 3.05) is 48.6 Å². The summed E-state index contributed by atoms with van der Waals surface area (Å²) in [5, 5.41) is 33.9. The van der Waals surface area contributed by atoms with Crippen LogP contribution in [0.1, 0.15) is 60.4 Å². The summed E-state index contributed by atoms with van der Waals surface area (Å²) in [5.41, 5.74) is 5.96. The minimum atomic E-state index is -0.160. The maximum Gasteiger partial charge on any atom is 0.255 e. The van der Waals surface area contributed by atoms with Crippen molar-refractivity contribution in [1.82, 2.24) is 40.6 Å². The Morgan fingerprint density at radius 1 is 0.565 bits per heavy atom. The number of halogens is 2. The van der Waals surface area contributed by atoms with E-state index in [0.29, 0.717) is 86.7 Å². The van der Waals surface area contributed by atoms with Crippen molar-refractivity contribution in [3.05, 3.63) is 195 Å². The fourth-order valence-corrected chi connectivity index (χ4v) is 8.01. The molecule has 0 fully saturated rings. The topological polar surface area (TPSA) is 194 Å². The molecule has 0 aliphatic rings. The summed E-state index contributed by atoms with van der Waals surface area (Å²) in [7, 11) is 7.51. The minimum absolute atomic E-state index is 0.151. The van der Waals surface area contributed by atoms with Gasteiger partial charge in [0.1, 0.15) is 33.6 Å². The molecular weight excluding hydrogens is 910 g/mol. The smallest absolute Gasteiger partial charge is 0.255 e. The number of benzene rings is 6. The van der Waals surface area contributed by atoms with Gasteiger partial charge in [0, 0.05) is 81.1 Å². The largest absolute Gasteiger partial charge is 0.362 e. The van der Waals surface area contributed by atoms with E-state index in [0.717, 1.165) is 38.2 Å². The molecule has 6 aromatic carbocycles. The van der Waals surface area contributed by atoms with Crippen molar-refractivity contribution in [3.8, 4) is 6.07 Å². The van der Waals surface area contributed by atoms with Gasteiger partial charge in [-0.25, -0.2) is 19.9 Å². The van der Waals surface area contributed by atoms with Crippen LogP contribution in [-0.4, -0.2) is 80.6 Å². The second kappa shape index (κ2) is 21.5. The molecule has 0 radical (unpaired) electrons. The van der Waals surface area contributed by atoms with Gasteiger partial charge in [-0.15, -0.1) is 10.2 Å². The number of carbonyl (C=O) groups is 2. The number of nitriles is 1. The third-order valence-corrected chi connectivity index (χ3v) is 11.6. The first-order chi connectivity index (χ1) is 33.4. The first-order valence-corrected chi connectivity index (χ1v) is 22.5. The van der Waals surface area contributed by atoms with Gasteiger partial charge >= 0.3 is 0 Å². The number of fused-ring (bicyclic) bond motifs is 2. The molecule has 0 spiro atoms. The fourth-order valence-electron chi connectivity index (χ4n) is 7.52. The second-order valence-corrected chi connectivity index (χ2v) is 17.1. The van der Waals surface area contributed by atoms with E-state index in [2.05, 4.69) is 52.3 Å². The molecule has 0 saturated heterocycles. The van der Waals surface area contributed by atoms with E-state index >= 15 is 0 Å². The summed E-state index contributed by atoms with van der Waals surface area (Å²) < 4.78 is 0. The molecule has 0 saturated carbocycles. The lowest BCUT2D eigenvalue weighted by atomic mass is 10.1. The lowest BCUT2D eigenvalue weighted by Crippen LogP contribution is -2.16. The quantitative estimate of drug-likeness (QED) is 0.0928. The number of aromatic amines is 1. The van der Waals surface area contributed by atoms with Crippen molar-refractivity contribution in [1.29, 1.82) is 5.26 Å². The van der Waals surface area contributed by atoms with Gasteiger partial charge in [0.15, 0.2) is 5.82 Å². The lowest BCUT2D eigenvalue weighted by Gasteiger charge is -2.17. The summed E-state index contributed by atoms with van der Waals surface area (Å²) in [4.78, 5) is 47.3. The Labute approximate surface area is 408 Å². The molecule has 9 rings (SSSR count). The zero-order chi connectivity index (χ0) is 48.4. The number of tetrazole rings is 1. The predicted molar refractivity (Wildman–Crippen MR) is 271 cm³/mol. The molecule has 0 aliphatic heterocycles. The highest BCUT2D eigenvalue weighted by molar-refractivity contribution is 6.30. The molecule has 3 N–H and O–H groups in total. The highest BCUT2D eigenvalue weighted by Crippen LogP contribution is 2.28. The van der Waals surface area contributed by atoms with Crippen LogP contribution in [0.4, 0.5) is 23.0 Å². The molecule has 0 atom stereocenters. The Kier molecular flexibility index (Phi) is 14.7. The van der Waals surface area contributed by atoms with Gasteiger partial charge in [-0.05, 0) is 81.2 Å². The maximum absolute atomic E-state index is 12.8. The van der Waals surface area contributed by atoms with Gasteiger partial charge in [0.2, 0.25) is 0 Å². The van der Waals surface area contributed by atoms with Crippen LogP contribution in [0.2, 0.25) is 10.3 Å². The molecule has 3 heterocycles. The number of hydrogen-bond acceptors (Lipinski definition) is 12. The third-order valence-electron chi connectivity index (χ3n) is 11.0. The van der Waals surface area contributed by atoms with Gasteiger partial charge in [0.05, 0.1) is 12.5 Å². The molecule has 69 heavy (non-hydrogen) atoms. The van der Waals surface area contributed by atoms with Crippen LogP contribution >= 0.6 is 23.2 Å². The van der Waals surface area contributed by atoms with E-state index in [1.54, 1.807) is 0 Å². The van der Waals surface area contributed by atoms with Crippen LogP contribution in [0.5, 0.6) is 0 Å². The van der Waals surface area contributed by atoms with Crippen molar-refractivity contribution in [2.45, 2.75) is 25.7 Å². The van der Waals surface area contributed by atoms with Crippen LogP contribution in [0.3, 0.4) is 0 Å². The SMILES string of the molecule is CN(C)c1nc(Cc2ccc(NC(=O)c3ccc4ccccc4c3)cc2)nc(Cl)c1CC#N.CN(C)c1nc(Cc2ccc(NC(=O)c3ccc4ccccc4c3)cc2)nc(Cl)c1Cc1nn[nH]n1. The van der Waals surface area contributed by atoms with Crippen LogP contribution in [0.15, 0.2) is 133 Å². The first-order valence-electron chi connectivity index (χ1n) is 21.7. The molecular formula is C52H45Cl2N13O2. The molecule has 3 aromatic heterocycles. The van der Waals surface area contributed by atoms with E-state index in [4.69, 9.17) is 33.4 Å². The third kappa shape index (κ3) is 11.8. The summed E-state index contributed by atoms with van der Waals surface area (Å²) in [6.07, 6.45) is 1.49. The van der Waals surface area contributed by atoms with Crippen LogP contribution in [-0.2, 0) is 25.7 Å². The number of aromatic nitrogens is 8. The molecule has 9 aromatic rings. The normalized spacial score (nSPS) is 10.8. The average molecular weight is 955 g/mol. The number of rotatable bonds is 13. The Balaban J connectivity index is 0.000000187. The second-order valence-electron chi connectivity index (χ2n) is 16.4. The maximum atomic E-state index is 12.8. The van der Waals surface area contributed by atoms with Gasteiger partial charge in [-0.1, -0.05) is 113 Å². The molecule has 15 nitrogen and oxygen atoms in total. The molecule has 17 heteroatoms. The number of hydrogen-bond donors (Lipinski definition) is 3. The minimum Gasteiger partial charge on any atom is -0.362 e. The molecule has 2 amide bonds. The average Bonchev–Trinajstić information content (AvgIpc) is 3.87. The van der Waals surface area contributed by atoms with Gasteiger partial charge in [-0.2, -0.15) is 10.5 Å². The van der Waals surface area contributed by atoms with Crippen LogP contribution in [0, 0.1) is 11.3 Å². The Morgan fingerprint density at radius 2 is 1.01 bits per heavy atom. The van der Waals surface area contributed by atoms with Crippen LogP contribution < -0.4 is 20.4 Å². The number of anilines is 4. The van der Waals surface area contributed by atoms with E-state index in [1.807, 2.05) is 171 Å². The zero-order valence-corrected chi connectivity index (χ0v) is 39.6. The summed E-state index contributed by atoms with van der Waals surface area (Å²) in [5.74, 6) is 2.70. The predicted octanol–water partition coefficient (Wildman–Crippen LogP) is 9.55.